The van der Waals surface area contributed by atoms with E-state index in [1.54, 1.807) is 15.9 Å². The zero-order chi connectivity index (χ0) is 18.3. The Balaban J connectivity index is 1.69. The molecule has 0 fully saturated rings. The molecule has 1 N–H and O–H groups in total. The fourth-order valence-electron chi connectivity index (χ4n) is 3.74. The van der Waals surface area contributed by atoms with Crippen LogP contribution in [0.15, 0.2) is 21.3 Å². The van der Waals surface area contributed by atoms with Crippen molar-refractivity contribution in [3.63, 3.8) is 0 Å². The van der Waals surface area contributed by atoms with E-state index >= 15 is 0 Å². The van der Waals surface area contributed by atoms with Crippen LogP contribution in [0.2, 0.25) is 0 Å². The van der Waals surface area contributed by atoms with Crippen LogP contribution in [0, 0.1) is 6.92 Å². The van der Waals surface area contributed by atoms with E-state index in [2.05, 4.69) is 5.32 Å². The topological polar surface area (TPSA) is 60.1 Å². The molecule has 26 heavy (non-hydrogen) atoms. The summed E-state index contributed by atoms with van der Waals surface area (Å²) in [7, 11) is 0. The minimum Gasteiger partial charge on any atom is -0.466 e. The van der Waals surface area contributed by atoms with Gasteiger partial charge in [0.2, 0.25) is 5.95 Å². The van der Waals surface area contributed by atoms with Crippen LogP contribution in [0.3, 0.4) is 0 Å². The van der Waals surface area contributed by atoms with Crippen LogP contribution in [0.4, 0.5) is 5.95 Å². The van der Waals surface area contributed by atoms with Gasteiger partial charge in [0.15, 0.2) is 0 Å². The molecule has 1 aliphatic rings. The minimum atomic E-state index is 0.0619. The second-order valence-electron chi connectivity index (χ2n) is 7.28. The van der Waals surface area contributed by atoms with Crippen molar-refractivity contribution < 1.29 is 4.42 Å². The lowest BCUT2D eigenvalue weighted by molar-refractivity contribution is 0.485. The first-order chi connectivity index (χ1) is 12.5. The number of hydrogen-bond acceptors (Lipinski definition) is 5. The second-order valence-corrected chi connectivity index (χ2v) is 8.37. The van der Waals surface area contributed by atoms with E-state index in [0.29, 0.717) is 12.5 Å². The molecule has 0 atom stereocenters. The highest BCUT2D eigenvalue weighted by atomic mass is 32.1. The van der Waals surface area contributed by atoms with Crippen molar-refractivity contribution in [1.29, 1.82) is 0 Å². The normalized spacial score (nSPS) is 14.2. The zero-order valence-electron chi connectivity index (χ0n) is 15.6. The van der Waals surface area contributed by atoms with Gasteiger partial charge in [-0.25, -0.2) is 4.98 Å². The summed E-state index contributed by atoms with van der Waals surface area (Å²) in [6.45, 7) is 6.70. The first-order valence-corrected chi connectivity index (χ1v) is 10.2. The van der Waals surface area contributed by atoms with E-state index in [0.717, 1.165) is 41.0 Å². The average Bonchev–Trinajstić information content (AvgIpc) is 3.17. The smallest absolute Gasteiger partial charge is 0.264 e. The standard InChI is InChI=1S/C20H25N3O2S/c1-12(2)23-19(24)17-15-6-4-5-7-16(15)26-18(17)22-20(23)21-11-10-14-9-8-13(3)25-14/h8-9,12H,4-7,10-11H2,1-3H3,(H,21,22). The largest absolute Gasteiger partial charge is 0.466 e. The van der Waals surface area contributed by atoms with Gasteiger partial charge in [0.05, 0.1) is 5.39 Å². The number of aryl methyl sites for hydroxylation is 3. The Morgan fingerprint density at radius 3 is 2.85 bits per heavy atom. The third-order valence-electron chi connectivity index (χ3n) is 4.99. The molecular formula is C20H25N3O2S. The van der Waals surface area contributed by atoms with Crippen molar-refractivity contribution in [3.05, 3.63) is 44.4 Å². The molecule has 3 aromatic rings. The molecule has 138 valence electrons. The fourth-order valence-corrected chi connectivity index (χ4v) is 4.99. The molecule has 3 heterocycles. The third kappa shape index (κ3) is 3.07. The van der Waals surface area contributed by atoms with Crippen molar-refractivity contribution in [2.24, 2.45) is 0 Å². The molecular weight excluding hydrogens is 346 g/mol. The van der Waals surface area contributed by atoms with Gasteiger partial charge in [0.25, 0.3) is 5.56 Å². The number of hydrogen-bond donors (Lipinski definition) is 1. The van der Waals surface area contributed by atoms with Gasteiger partial charge in [0.1, 0.15) is 16.4 Å². The molecule has 6 heteroatoms. The van der Waals surface area contributed by atoms with Crippen molar-refractivity contribution in [2.75, 3.05) is 11.9 Å². The quantitative estimate of drug-likeness (QED) is 0.719. The maximum atomic E-state index is 13.2. The predicted molar refractivity (Wildman–Crippen MR) is 107 cm³/mol. The maximum absolute atomic E-state index is 13.2. The number of nitrogens with one attached hydrogen (secondary N) is 1. The van der Waals surface area contributed by atoms with Gasteiger partial charge >= 0.3 is 0 Å². The molecule has 5 nitrogen and oxygen atoms in total. The number of thiophene rings is 1. The van der Waals surface area contributed by atoms with E-state index in [4.69, 9.17) is 9.40 Å². The minimum absolute atomic E-state index is 0.0619. The lowest BCUT2D eigenvalue weighted by atomic mass is 9.97. The van der Waals surface area contributed by atoms with Crippen LogP contribution in [-0.4, -0.2) is 16.1 Å². The van der Waals surface area contributed by atoms with Gasteiger partial charge in [0, 0.05) is 23.9 Å². The first kappa shape index (κ1) is 17.3. The van der Waals surface area contributed by atoms with Crippen LogP contribution >= 0.6 is 11.3 Å². The number of fused-ring (bicyclic) bond motifs is 3. The van der Waals surface area contributed by atoms with Crippen molar-refractivity contribution in [2.45, 2.75) is 58.9 Å². The number of nitrogens with zero attached hydrogens (tertiary/aromatic N) is 2. The van der Waals surface area contributed by atoms with Crippen LogP contribution in [-0.2, 0) is 19.3 Å². The van der Waals surface area contributed by atoms with E-state index in [1.807, 2.05) is 32.9 Å². The van der Waals surface area contributed by atoms with Gasteiger partial charge < -0.3 is 9.73 Å². The van der Waals surface area contributed by atoms with Crippen LogP contribution in [0.1, 0.15) is 54.7 Å². The highest BCUT2D eigenvalue weighted by molar-refractivity contribution is 7.18. The van der Waals surface area contributed by atoms with E-state index < -0.39 is 0 Å². The molecule has 0 saturated heterocycles. The van der Waals surface area contributed by atoms with E-state index in [-0.39, 0.29) is 11.6 Å². The van der Waals surface area contributed by atoms with Gasteiger partial charge in [-0.3, -0.25) is 9.36 Å². The summed E-state index contributed by atoms with van der Waals surface area (Å²) >= 11 is 1.70. The van der Waals surface area contributed by atoms with Crippen LogP contribution < -0.4 is 10.9 Å². The molecule has 0 aromatic carbocycles. The van der Waals surface area contributed by atoms with Gasteiger partial charge in [-0.2, -0.15) is 0 Å². The van der Waals surface area contributed by atoms with Gasteiger partial charge in [-0.15, -0.1) is 11.3 Å². The molecule has 1 aliphatic carbocycles. The summed E-state index contributed by atoms with van der Waals surface area (Å²) in [5.41, 5.74) is 1.35. The van der Waals surface area contributed by atoms with Crippen molar-refractivity contribution >= 4 is 27.5 Å². The summed E-state index contributed by atoms with van der Waals surface area (Å²) < 4.78 is 7.42. The van der Waals surface area contributed by atoms with Gasteiger partial charge in [-0.1, -0.05) is 0 Å². The second kappa shape index (κ2) is 6.91. The molecule has 0 unspecified atom stereocenters. The Labute approximate surface area is 157 Å². The SMILES string of the molecule is Cc1ccc(CCNc2nc3sc4c(c3c(=O)n2C(C)C)CCCC4)o1. The fraction of sp³-hybridized carbons (Fsp3) is 0.500. The maximum Gasteiger partial charge on any atom is 0.264 e. The Morgan fingerprint density at radius 2 is 2.12 bits per heavy atom. The molecule has 0 amide bonds. The van der Waals surface area contributed by atoms with E-state index in [9.17, 15) is 4.79 Å². The Morgan fingerprint density at radius 1 is 1.31 bits per heavy atom. The molecule has 0 bridgehead atoms. The molecule has 3 aromatic heterocycles. The molecule has 0 spiro atoms. The lowest BCUT2D eigenvalue weighted by Gasteiger charge is -2.17. The lowest BCUT2D eigenvalue weighted by Crippen LogP contribution is -2.27. The van der Waals surface area contributed by atoms with Crippen molar-refractivity contribution in [3.8, 4) is 0 Å². The summed E-state index contributed by atoms with van der Waals surface area (Å²) in [4.78, 5) is 20.3. The van der Waals surface area contributed by atoms with Crippen LogP contribution in [0.5, 0.6) is 0 Å². The summed E-state index contributed by atoms with van der Waals surface area (Å²) in [6, 6.07) is 4.03. The van der Waals surface area contributed by atoms with Crippen molar-refractivity contribution in [1.82, 2.24) is 9.55 Å². The monoisotopic (exact) mass is 371 g/mol. The summed E-state index contributed by atoms with van der Waals surface area (Å²) in [5.74, 6) is 2.53. The highest BCUT2D eigenvalue weighted by Gasteiger charge is 2.22. The number of rotatable bonds is 5. The highest BCUT2D eigenvalue weighted by Crippen LogP contribution is 2.34. The van der Waals surface area contributed by atoms with Crippen LogP contribution in [0.25, 0.3) is 10.2 Å². The number of furan rings is 1. The Kier molecular flexibility index (Phi) is 4.61. The summed E-state index contributed by atoms with van der Waals surface area (Å²) in [5, 5.41) is 4.22. The number of anilines is 1. The molecule has 0 aliphatic heterocycles. The van der Waals surface area contributed by atoms with Gasteiger partial charge in [-0.05, 0) is 64.2 Å². The predicted octanol–water partition coefficient (Wildman–Crippen LogP) is 4.47. The molecule has 0 radical (unpaired) electrons. The number of aromatic nitrogens is 2. The molecule has 4 rings (SSSR count). The third-order valence-corrected chi connectivity index (χ3v) is 6.17. The first-order valence-electron chi connectivity index (χ1n) is 9.40. The average molecular weight is 372 g/mol. The zero-order valence-corrected chi connectivity index (χ0v) is 16.4. The Hall–Kier alpha value is -2.08. The molecule has 0 saturated carbocycles. The summed E-state index contributed by atoms with van der Waals surface area (Å²) in [6.07, 6.45) is 5.24. The van der Waals surface area contributed by atoms with E-state index in [1.165, 1.54) is 23.3 Å². The Bertz CT molecular complexity index is 997.